The van der Waals surface area contributed by atoms with Gasteiger partial charge in [-0.15, -0.1) is 0 Å². The van der Waals surface area contributed by atoms with Crippen LogP contribution in [0.15, 0.2) is 0 Å². The molecule has 18 nitrogen and oxygen atoms in total. The third-order valence-electron chi connectivity index (χ3n) is 4.68. The smallest absolute Gasteiger partial charge is 1.00 e. The molecule has 0 aliphatic heterocycles. The van der Waals surface area contributed by atoms with E-state index in [4.69, 9.17) is 31.9 Å². The van der Waals surface area contributed by atoms with Crippen LogP contribution in [0.3, 0.4) is 0 Å². The Bertz CT molecular complexity index is 893. The molecule has 0 saturated heterocycles. The zero-order valence-corrected chi connectivity index (χ0v) is 25.6. The van der Waals surface area contributed by atoms with Crippen molar-refractivity contribution in [2.45, 2.75) is 49.9 Å². The van der Waals surface area contributed by atoms with E-state index in [-0.39, 0.29) is 68.2 Å². The normalized spacial score (nSPS) is 13.2. The van der Waals surface area contributed by atoms with Gasteiger partial charge in [0.1, 0.15) is 37.3 Å². The zero-order valence-electron chi connectivity index (χ0n) is 23.0. The molecule has 0 heterocycles. The van der Waals surface area contributed by atoms with Crippen LogP contribution in [0, 0.1) is 0 Å². The van der Waals surface area contributed by atoms with Gasteiger partial charge in [-0.25, -0.2) is 0 Å². The van der Waals surface area contributed by atoms with Crippen LogP contribution >= 0.6 is 21.6 Å². The van der Waals surface area contributed by atoms with Crippen LogP contribution in [0.25, 0.3) is 0 Å². The molecule has 0 fully saturated rings. The molecule has 0 saturated carbocycles. The van der Waals surface area contributed by atoms with Gasteiger partial charge in [-0.2, -0.15) is 0 Å². The van der Waals surface area contributed by atoms with Crippen LogP contribution in [0.2, 0.25) is 0 Å². The van der Waals surface area contributed by atoms with Crippen LogP contribution in [-0.2, 0) is 38.4 Å². The molecular formula is C20H33N6NaO12S2. The molecule has 21 heteroatoms. The average molecular weight is 637 g/mol. The standard InChI is InChI=1S/C20H32N6O12S2.Na.H/c21-9(19(35)36)1-3-13(27)25-11(17(33)23-5-15(29)30)7-39-40-8-12(18(34)24-6-16(31)32)26-14(28)4-2-10(22)20(37)38;;/h9-12H,1-8,21-22H2,(H,23,33)(H,24,34)(H,25,27)(H,26,28)(H,29,30)(H,31,32)(H,35,36)(H,37,38);;/q;+1;-1/t9-,10-,11-,12-;;/m0../s1. The second-order valence-electron chi connectivity index (χ2n) is 8.00. The van der Waals surface area contributed by atoms with Gasteiger partial charge in [-0.05, 0) is 12.8 Å². The molecular weight excluding hydrogens is 603 g/mol. The molecule has 0 radical (unpaired) electrons. The van der Waals surface area contributed by atoms with Crippen molar-refractivity contribution in [2.75, 3.05) is 24.6 Å². The maximum absolute atomic E-state index is 12.4. The monoisotopic (exact) mass is 636 g/mol. The summed E-state index contributed by atoms with van der Waals surface area (Å²) in [7, 11) is 1.89. The van der Waals surface area contributed by atoms with Crippen LogP contribution in [-0.4, -0.2) is 117 Å². The maximum Gasteiger partial charge on any atom is 1.00 e. The van der Waals surface area contributed by atoms with Crippen LogP contribution in [0.4, 0.5) is 0 Å². The third-order valence-corrected chi connectivity index (χ3v) is 7.11. The fraction of sp³-hybridized carbons (Fsp3) is 0.600. The van der Waals surface area contributed by atoms with Crippen molar-refractivity contribution in [3.05, 3.63) is 0 Å². The van der Waals surface area contributed by atoms with E-state index < -0.39 is 84.8 Å². The van der Waals surface area contributed by atoms with Gasteiger partial charge >= 0.3 is 53.4 Å². The number of rotatable bonds is 21. The molecule has 228 valence electrons. The van der Waals surface area contributed by atoms with E-state index in [9.17, 15) is 38.4 Å². The summed E-state index contributed by atoms with van der Waals surface area (Å²) in [6.45, 7) is -1.48. The van der Waals surface area contributed by atoms with Gasteiger partial charge in [0.25, 0.3) is 0 Å². The summed E-state index contributed by atoms with van der Waals surface area (Å²) in [6, 6.07) is -5.16. The summed E-state index contributed by atoms with van der Waals surface area (Å²) in [5, 5.41) is 44.1. The van der Waals surface area contributed by atoms with Gasteiger partial charge in [-0.3, -0.25) is 38.4 Å². The van der Waals surface area contributed by atoms with Gasteiger partial charge in [0.15, 0.2) is 0 Å². The molecule has 12 N–H and O–H groups in total. The number of carbonyl (C=O) groups is 8. The molecule has 0 rings (SSSR count). The number of amides is 4. The SMILES string of the molecule is N[C@@H](CCC(=O)N[C@@H](CSSC[C@H](NC(=O)CC[C@H](N)C(=O)O)C(=O)NCC(=O)O)C(=O)NCC(=O)O)C(=O)O.[H-].[Na+]. The fourth-order valence-electron chi connectivity index (χ4n) is 2.52. The van der Waals surface area contributed by atoms with Gasteiger partial charge in [0.05, 0.1) is 0 Å². The largest absolute Gasteiger partial charge is 1.00 e. The molecule has 0 unspecified atom stereocenters. The first-order valence-corrected chi connectivity index (χ1v) is 13.9. The topological polar surface area (TPSA) is 318 Å². The van der Waals surface area contributed by atoms with Gasteiger partial charge in [-0.1, -0.05) is 21.6 Å². The van der Waals surface area contributed by atoms with E-state index in [1.807, 2.05) is 0 Å². The van der Waals surface area contributed by atoms with Crippen molar-refractivity contribution in [3.63, 3.8) is 0 Å². The van der Waals surface area contributed by atoms with E-state index >= 15 is 0 Å². The summed E-state index contributed by atoms with van der Waals surface area (Å²) >= 11 is 0. The number of hydrogen-bond donors (Lipinski definition) is 10. The Kier molecular flexibility index (Phi) is 21.8. The van der Waals surface area contributed by atoms with Crippen LogP contribution in [0.5, 0.6) is 0 Å². The Morgan fingerprint density at radius 3 is 1.22 bits per heavy atom. The number of nitrogens with two attached hydrogens (primary N) is 2. The summed E-state index contributed by atoms with van der Waals surface area (Å²) in [6.07, 6.45) is -1.12. The van der Waals surface area contributed by atoms with Gasteiger partial charge in [0.2, 0.25) is 23.6 Å². The van der Waals surface area contributed by atoms with E-state index in [1.54, 1.807) is 0 Å². The minimum absolute atomic E-state index is 0. The van der Waals surface area contributed by atoms with E-state index in [0.29, 0.717) is 0 Å². The average Bonchev–Trinajstić information content (AvgIpc) is 2.87. The fourth-order valence-corrected chi connectivity index (χ4v) is 4.85. The summed E-state index contributed by atoms with van der Waals surface area (Å²) < 4.78 is 0. The first kappa shape index (κ1) is 40.5. The second-order valence-corrected chi connectivity index (χ2v) is 10.6. The van der Waals surface area contributed by atoms with Crippen molar-refractivity contribution in [3.8, 4) is 0 Å². The Morgan fingerprint density at radius 1 is 0.634 bits per heavy atom. The summed E-state index contributed by atoms with van der Waals surface area (Å²) in [5.41, 5.74) is 10.7. The number of aliphatic carboxylic acids is 4. The Hall–Kier alpha value is -2.62. The third kappa shape index (κ3) is 20.0. The maximum atomic E-state index is 12.4. The molecule has 0 aliphatic carbocycles. The minimum atomic E-state index is -1.34. The van der Waals surface area contributed by atoms with Crippen molar-refractivity contribution in [1.29, 1.82) is 0 Å². The van der Waals surface area contributed by atoms with E-state index in [1.165, 1.54) is 0 Å². The Morgan fingerprint density at radius 2 is 0.951 bits per heavy atom. The minimum Gasteiger partial charge on any atom is -1.00 e. The number of carboxylic acids is 4. The van der Waals surface area contributed by atoms with Gasteiger partial charge < -0.3 is 54.6 Å². The van der Waals surface area contributed by atoms with Crippen molar-refractivity contribution >= 4 is 69.1 Å². The molecule has 0 aromatic carbocycles. The number of hydrogen-bond acceptors (Lipinski definition) is 12. The van der Waals surface area contributed by atoms with Crippen molar-refractivity contribution < 1.29 is 89.8 Å². The summed E-state index contributed by atoms with van der Waals surface area (Å²) in [4.78, 5) is 92.3. The first-order valence-electron chi connectivity index (χ1n) is 11.4. The second kappa shape index (κ2) is 22.0. The van der Waals surface area contributed by atoms with E-state index in [2.05, 4.69) is 21.3 Å². The molecule has 0 bridgehead atoms. The molecule has 4 amide bonds. The zero-order chi connectivity index (χ0) is 30.8. The molecule has 41 heavy (non-hydrogen) atoms. The van der Waals surface area contributed by atoms with Crippen LogP contribution < -0.4 is 62.3 Å². The van der Waals surface area contributed by atoms with Crippen molar-refractivity contribution in [2.24, 2.45) is 11.5 Å². The van der Waals surface area contributed by atoms with Gasteiger partial charge in [0, 0.05) is 24.3 Å². The molecule has 0 aliphatic rings. The first-order chi connectivity index (χ1) is 18.6. The molecule has 0 spiro atoms. The molecule has 4 atom stereocenters. The Balaban J connectivity index is -0.00000760. The van der Waals surface area contributed by atoms with Crippen molar-refractivity contribution in [1.82, 2.24) is 21.3 Å². The summed E-state index contributed by atoms with van der Waals surface area (Å²) in [5.74, 6) is -8.81. The number of carboxylic acid groups (broad SMARTS) is 4. The Labute approximate surface area is 265 Å². The molecule has 0 aromatic rings. The van der Waals surface area contributed by atoms with E-state index in [0.717, 1.165) is 21.6 Å². The predicted molar refractivity (Wildman–Crippen MR) is 141 cm³/mol. The predicted octanol–water partition coefficient (Wildman–Crippen LogP) is -6.76. The number of nitrogens with one attached hydrogen (secondary N) is 4. The molecule has 0 aromatic heterocycles. The number of carbonyl (C=O) groups excluding carboxylic acids is 4. The van der Waals surface area contributed by atoms with Crippen LogP contribution in [0.1, 0.15) is 27.1 Å². The quantitative estimate of drug-likeness (QED) is 0.0318.